The molecule has 0 aliphatic carbocycles. The number of nitrogens with two attached hydrogens (primary N) is 1. The fourth-order valence-electron chi connectivity index (χ4n) is 2.12. The highest BCUT2D eigenvalue weighted by Crippen LogP contribution is 2.26. The van der Waals surface area contributed by atoms with Crippen molar-refractivity contribution in [1.82, 2.24) is 0 Å². The summed E-state index contributed by atoms with van der Waals surface area (Å²) in [6.45, 7) is 4.83. The van der Waals surface area contributed by atoms with Gasteiger partial charge < -0.3 is 15.4 Å². The Balaban J connectivity index is 2.16. The number of rotatable bonds is 5. The zero-order chi connectivity index (χ0) is 15.4. The van der Waals surface area contributed by atoms with Crippen LogP contribution in [-0.2, 0) is 6.54 Å². The van der Waals surface area contributed by atoms with Crippen LogP contribution in [-0.4, -0.2) is 13.2 Å². The van der Waals surface area contributed by atoms with E-state index >= 15 is 0 Å². The fraction of sp³-hybridized carbons (Fsp3) is 0.294. The first-order valence-corrected chi connectivity index (χ1v) is 7.76. The van der Waals surface area contributed by atoms with Gasteiger partial charge in [-0.25, -0.2) is 0 Å². The molecule has 2 aromatic rings. The van der Waals surface area contributed by atoms with Gasteiger partial charge in [0.15, 0.2) is 0 Å². The second-order valence-electron chi connectivity index (χ2n) is 5.41. The summed E-state index contributed by atoms with van der Waals surface area (Å²) < 4.78 is 6.83. The van der Waals surface area contributed by atoms with Gasteiger partial charge >= 0.3 is 0 Å². The maximum Gasteiger partial charge on any atom is 0.123 e. The number of anilines is 2. The van der Waals surface area contributed by atoms with E-state index in [1.807, 2.05) is 32.0 Å². The number of nitrogens with zero attached hydrogens (tertiary/aromatic N) is 1. The van der Waals surface area contributed by atoms with Crippen LogP contribution in [0.15, 0.2) is 46.9 Å². The third-order valence-corrected chi connectivity index (χ3v) is 3.59. The molecule has 2 aromatic carbocycles. The first-order chi connectivity index (χ1) is 9.94. The second kappa shape index (κ2) is 6.85. The molecule has 2 rings (SSSR count). The smallest absolute Gasteiger partial charge is 0.123 e. The van der Waals surface area contributed by atoms with Gasteiger partial charge in [-0.15, -0.1) is 0 Å². The zero-order valence-corrected chi connectivity index (χ0v) is 14.2. The third-order valence-electron chi connectivity index (χ3n) is 3.06. The van der Waals surface area contributed by atoms with Crippen LogP contribution in [0.25, 0.3) is 0 Å². The Morgan fingerprint density at radius 3 is 2.43 bits per heavy atom. The van der Waals surface area contributed by atoms with Crippen molar-refractivity contribution in [3.63, 3.8) is 0 Å². The van der Waals surface area contributed by atoms with Crippen LogP contribution < -0.4 is 15.4 Å². The van der Waals surface area contributed by atoms with Gasteiger partial charge in [-0.05, 0) is 37.6 Å². The van der Waals surface area contributed by atoms with Crippen molar-refractivity contribution in [2.45, 2.75) is 26.5 Å². The van der Waals surface area contributed by atoms with Crippen molar-refractivity contribution in [3.8, 4) is 5.75 Å². The van der Waals surface area contributed by atoms with E-state index in [0.717, 1.165) is 22.5 Å². The number of ether oxygens (including phenoxy) is 1. The predicted molar refractivity (Wildman–Crippen MR) is 92.9 cm³/mol. The highest BCUT2D eigenvalue weighted by Gasteiger charge is 2.07. The van der Waals surface area contributed by atoms with Crippen LogP contribution in [0.2, 0.25) is 0 Å². The van der Waals surface area contributed by atoms with Gasteiger partial charge in [0.1, 0.15) is 5.75 Å². The lowest BCUT2D eigenvalue weighted by molar-refractivity contribution is 0.242. The standard InChI is InChI=1S/C17H21BrN2O/c1-12(2)21-17-9-15(19)8-16(10-17)20(3)11-13-4-6-14(18)7-5-13/h4-10,12H,11,19H2,1-3H3. The summed E-state index contributed by atoms with van der Waals surface area (Å²) in [5.41, 5.74) is 8.98. The molecule has 0 fully saturated rings. The van der Waals surface area contributed by atoms with Crippen molar-refractivity contribution in [1.29, 1.82) is 0 Å². The summed E-state index contributed by atoms with van der Waals surface area (Å²) >= 11 is 3.45. The third kappa shape index (κ3) is 4.67. The Hall–Kier alpha value is -1.68. The Kier molecular flexibility index (Phi) is 5.12. The molecule has 0 aliphatic heterocycles. The quantitative estimate of drug-likeness (QED) is 0.811. The molecule has 112 valence electrons. The van der Waals surface area contributed by atoms with Crippen LogP contribution >= 0.6 is 15.9 Å². The van der Waals surface area contributed by atoms with E-state index in [0.29, 0.717) is 5.69 Å². The van der Waals surface area contributed by atoms with Crippen LogP contribution in [0.5, 0.6) is 5.75 Å². The maximum absolute atomic E-state index is 5.97. The van der Waals surface area contributed by atoms with Crippen LogP contribution in [0, 0.1) is 0 Å². The van der Waals surface area contributed by atoms with Crippen LogP contribution in [0.3, 0.4) is 0 Å². The van der Waals surface area contributed by atoms with E-state index < -0.39 is 0 Å². The molecule has 0 unspecified atom stereocenters. The molecule has 0 bridgehead atoms. The first kappa shape index (κ1) is 15.7. The Morgan fingerprint density at radius 1 is 1.14 bits per heavy atom. The van der Waals surface area contributed by atoms with Gasteiger partial charge in [-0.1, -0.05) is 28.1 Å². The molecule has 0 saturated carbocycles. The largest absolute Gasteiger partial charge is 0.491 e. The molecule has 21 heavy (non-hydrogen) atoms. The number of benzene rings is 2. The molecule has 0 aromatic heterocycles. The van der Waals surface area contributed by atoms with Crippen molar-refractivity contribution >= 4 is 27.3 Å². The van der Waals surface area contributed by atoms with E-state index in [1.54, 1.807) is 0 Å². The molecule has 0 radical (unpaired) electrons. The molecule has 0 atom stereocenters. The predicted octanol–water partition coefficient (Wildman–Crippen LogP) is 4.45. The van der Waals surface area contributed by atoms with Gasteiger partial charge in [-0.3, -0.25) is 0 Å². The average Bonchev–Trinajstić information content (AvgIpc) is 2.40. The molecular formula is C17H21BrN2O. The van der Waals surface area contributed by atoms with E-state index in [9.17, 15) is 0 Å². The van der Waals surface area contributed by atoms with Gasteiger partial charge in [0.25, 0.3) is 0 Å². The Labute approximate surface area is 134 Å². The molecule has 2 N–H and O–H groups in total. The summed E-state index contributed by atoms with van der Waals surface area (Å²) in [6.07, 6.45) is 0.136. The van der Waals surface area contributed by atoms with Crippen molar-refractivity contribution in [2.24, 2.45) is 0 Å². The average molecular weight is 349 g/mol. The lowest BCUT2D eigenvalue weighted by Gasteiger charge is -2.21. The number of halogens is 1. The van der Waals surface area contributed by atoms with Gasteiger partial charge in [0.05, 0.1) is 6.10 Å². The number of hydrogen-bond acceptors (Lipinski definition) is 3. The molecular weight excluding hydrogens is 328 g/mol. The molecule has 0 aliphatic rings. The molecule has 0 saturated heterocycles. The fourth-order valence-corrected chi connectivity index (χ4v) is 2.39. The van der Waals surface area contributed by atoms with E-state index in [1.165, 1.54) is 5.56 Å². The normalized spacial score (nSPS) is 10.7. The first-order valence-electron chi connectivity index (χ1n) is 6.97. The summed E-state index contributed by atoms with van der Waals surface area (Å²) in [7, 11) is 2.05. The van der Waals surface area contributed by atoms with Crippen molar-refractivity contribution in [3.05, 3.63) is 52.5 Å². The second-order valence-corrected chi connectivity index (χ2v) is 6.33. The van der Waals surface area contributed by atoms with Crippen molar-refractivity contribution < 1.29 is 4.74 Å². The maximum atomic E-state index is 5.97. The Bertz CT molecular complexity index is 596. The summed E-state index contributed by atoms with van der Waals surface area (Å²) in [6, 6.07) is 14.2. The van der Waals surface area contributed by atoms with Crippen LogP contribution in [0.1, 0.15) is 19.4 Å². The summed E-state index contributed by atoms with van der Waals surface area (Å²) in [5.74, 6) is 0.808. The Morgan fingerprint density at radius 2 is 1.81 bits per heavy atom. The minimum Gasteiger partial charge on any atom is -0.491 e. The van der Waals surface area contributed by atoms with Crippen molar-refractivity contribution in [2.75, 3.05) is 17.7 Å². The van der Waals surface area contributed by atoms with Gasteiger partial charge in [-0.2, -0.15) is 0 Å². The van der Waals surface area contributed by atoms with E-state index in [4.69, 9.17) is 10.5 Å². The summed E-state index contributed by atoms with van der Waals surface area (Å²) in [5, 5.41) is 0. The zero-order valence-electron chi connectivity index (χ0n) is 12.6. The van der Waals surface area contributed by atoms with Crippen LogP contribution in [0.4, 0.5) is 11.4 Å². The highest BCUT2D eigenvalue weighted by atomic mass is 79.9. The number of nitrogen functional groups attached to an aromatic ring is 1. The summed E-state index contributed by atoms with van der Waals surface area (Å²) in [4.78, 5) is 2.16. The van der Waals surface area contributed by atoms with E-state index in [-0.39, 0.29) is 6.10 Å². The molecule has 4 heteroatoms. The number of hydrogen-bond donors (Lipinski definition) is 1. The molecule has 0 amide bonds. The lowest BCUT2D eigenvalue weighted by atomic mass is 10.2. The minimum atomic E-state index is 0.136. The molecule has 0 spiro atoms. The molecule has 3 nitrogen and oxygen atoms in total. The topological polar surface area (TPSA) is 38.5 Å². The molecule has 0 heterocycles. The van der Waals surface area contributed by atoms with Gasteiger partial charge in [0, 0.05) is 41.6 Å². The minimum absolute atomic E-state index is 0.136. The monoisotopic (exact) mass is 348 g/mol. The van der Waals surface area contributed by atoms with Gasteiger partial charge in [0.2, 0.25) is 0 Å². The lowest BCUT2D eigenvalue weighted by Crippen LogP contribution is -2.17. The SMILES string of the molecule is CC(C)Oc1cc(N)cc(N(C)Cc2ccc(Br)cc2)c1. The highest BCUT2D eigenvalue weighted by molar-refractivity contribution is 9.10. The van der Waals surface area contributed by atoms with E-state index in [2.05, 4.69) is 52.1 Å².